The molecule has 1 aliphatic carbocycles. The highest BCUT2D eigenvalue weighted by molar-refractivity contribution is 5.73. The highest BCUT2D eigenvalue weighted by atomic mass is 19.4. The monoisotopic (exact) mass is 645 g/mol. The van der Waals surface area contributed by atoms with Gasteiger partial charge in [-0.25, -0.2) is 19.4 Å². The maximum absolute atomic E-state index is 10.6. The average Bonchev–Trinajstić information content (AvgIpc) is 3.60. The zero-order chi connectivity index (χ0) is 33.2. The second kappa shape index (κ2) is 16.1. The highest BCUT2D eigenvalue weighted by Crippen LogP contribution is 2.31. The third kappa shape index (κ3) is 15.8. The second-order valence-corrected chi connectivity index (χ2v) is 10.0. The van der Waals surface area contributed by atoms with E-state index in [1.165, 1.54) is 64.5 Å². The van der Waals surface area contributed by atoms with Crippen molar-refractivity contribution in [2.24, 2.45) is 11.8 Å². The standard InChI is InChI=1S/C17H29N5.3C2HF3O2/c1-19-6-8-20(9-7-19)11-16-12-21(10-15-2-3-15)14-17-18-4-5-22(17)13-16;3*3-2(4,5)1(6)7/h4-5,15-16H,2-3,6-14H2,1H3;3*(H,6,7). The van der Waals surface area contributed by atoms with Gasteiger partial charge in [-0.3, -0.25) is 4.90 Å². The van der Waals surface area contributed by atoms with E-state index in [1.807, 2.05) is 6.20 Å². The summed E-state index contributed by atoms with van der Waals surface area (Å²) in [7, 11) is 2.23. The van der Waals surface area contributed by atoms with E-state index < -0.39 is 36.4 Å². The Hall–Kier alpha value is -3.13. The van der Waals surface area contributed by atoms with Gasteiger partial charge in [-0.15, -0.1) is 0 Å². The fourth-order valence-electron chi connectivity index (χ4n) is 3.94. The summed E-state index contributed by atoms with van der Waals surface area (Å²) in [5.74, 6) is -5.31. The van der Waals surface area contributed by atoms with Gasteiger partial charge in [0.15, 0.2) is 0 Å². The summed E-state index contributed by atoms with van der Waals surface area (Å²) in [5.41, 5.74) is 0. The number of halogens is 9. The Morgan fingerprint density at radius 2 is 1.16 bits per heavy atom. The van der Waals surface area contributed by atoms with E-state index in [-0.39, 0.29) is 0 Å². The van der Waals surface area contributed by atoms with Gasteiger partial charge >= 0.3 is 36.4 Å². The van der Waals surface area contributed by atoms with Crippen molar-refractivity contribution in [3.8, 4) is 0 Å². The number of aliphatic carboxylic acids is 3. The predicted octanol–water partition coefficient (Wildman–Crippen LogP) is 2.87. The lowest BCUT2D eigenvalue weighted by Crippen LogP contribution is -2.47. The van der Waals surface area contributed by atoms with E-state index in [0.29, 0.717) is 0 Å². The van der Waals surface area contributed by atoms with E-state index >= 15 is 0 Å². The van der Waals surface area contributed by atoms with Crippen LogP contribution in [0.1, 0.15) is 18.7 Å². The molecule has 43 heavy (non-hydrogen) atoms. The molecular weight excluding hydrogens is 613 g/mol. The number of likely N-dealkylation sites (N-methyl/N-ethyl adjacent to an activating group) is 1. The zero-order valence-corrected chi connectivity index (χ0v) is 22.8. The number of carbonyl (C=O) groups is 3. The smallest absolute Gasteiger partial charge is 0.475 e. The lowest BCUT2D eigenvalue weighted by Gasteiger charge is -2.35. The van der Waals surface area contributed by atoms with Crippen LogP contribution >= 0.6 is 0 Å². The number of hydrogen-bond donors (Lipinski definition) is 3. The molecule has 20 heteroatoms. The summed E-state index contributed by atoms with van der Waals surface area (Å²) in [5, 5.41) is 21.4. The molecule has 1 unspecified atom stereocenters. The Bertz CT molecular complexity index is 979. The number of alkyl halides is 9. The molecule has 11 nitrogen and oxygen atoms in total. The molecule has 2 fully saturated rings. The average molecular weight is 646 g/mol. The van der Waals surface area contributed by atoms with Gasteiger partial charge in [0, 0.05) is 70.7 Å². The number of fused-ring (bicyclic) bond motifs is 1. The molecule has 0 aromatic carbocycles. The van der Waals surface area contributed by atoms with Crippen molar-refractivity contribution in [2.75, 3.05) is 52.9 Å². The Balaban J connectivity index is 0.000000363. The fourth-order valence-corrected chi connectivity index (χ4v) is 3.94. The number of carboxylic acids is 3. The molecule has 0 bridgehead atoms. The topological polar surface area (TPSA) is 139 Å². The van der Waals surface area contributed by atoms with Crippen molar-refractivity contribution in [3.63, 3.8) is 0 Å². The normalized spacial score (nSPS) is 20.1. The van der Waals surface area contributed by atoms with Crippen LogP contribution in [0.3, 0.4) is 0 Å². The van der Waals surface area contributed by atoms with E-state index in [1.54, 1.807) is 0 Å². The third-order valence-electron chi connectivity index (χ3n) is 6.19. The number of nitrogens with zero attached hydrogens (tertiary/aromatic N) is 5. The zero-order valence-electron chi connectivity index (χ0n) is 22.8. The quantitative estimate of drug-likeness (QED) is 0.419. The van der Waals surface area contributed by atoms with E-state index in [9.17, 15) is 39.5 Å². The summed E-state index contributed by atoms with van der Waals surface area (Å²) in [6.45, 7) is 10.8. The molecule has 1 saturated heterocycles. The molecule has 3 aliphatic rings. The molecule has 248 valence electrons. The molecule has 0 spiro atoms. The fraction of sp³-hybridized carbons (Fsp3) is 0.739. The van der Waals surface area contributed by atoms with Crippen LogP contribution in [0.5, 0.6) is 0 Å². The van der Waals surface area contributed by atoms with Crippen molar-refractivity contribution in [1.82, 2.24) is 24.3 Å². The Kier molecular flexibility index (Phi) is 14.2. The molecule has 0 radical (unpaired) electrons. The van der Waals surface area contributed by atoms with Gasteiger partial charge in [-0.05, 0) is 25.8 Å². The number of rotatable bonds is 4. The van der Waals surface area contributed by atoms with Crippen LogP contribution in [0.25, 0.3) is 0 Å². The van der Waals surface area contributed by atoms with E-state index in [2.05, 4.69) is 37.5 Å². The van der Waals surface area contributed by atoms with Gasteiger partial charge in [0.1, 0.15) is 5.82 Å². The summed E-state index contributed by atoms with van der Waals surface area (Å²) in [4.78, 5) is 39.1. The van der Waals surface area contributed by atoms with E-state index in [0.717, 1.165) is 24.9 Å². The van der Waals surface area contributed by atoms with Crippen molar-refractivity contribution in [1.29, 1.82) is 0 Å². The van der Waals surface area contributed by atoms with Crippen molar-refractivity contribution in [3.05, 3.63) is 18.2 Å². The third-order valence-corrected chi connectivity index (χ3v) is 6.19. The first-order chi connectivity index (χ1) is 19.6. The SMILES string of the molecule is CN1CCN(CC2CN(CC3CC3)Cc3nccn3C2)CC1.O=C(O)C(F)(F)F.O=C(O)C(F)(F)F.O=C(O)C(F)(F)F. The van der Waals surface area contributed by atoms with Crippen LogP contribution in [-0.4, -0.2) is 129 Å². The summed E-state index contributed by atoms with van der Waals surface area (Å²) in [6, 6.07) is 0. The first-order valence-electron chi connectivity index (χ1n) is 12.6. The molecule has 4 rings (SSSR count). The Morgan fingerprint density at radius 3 is 1.56 bits per heavy atom. The minimum atomic E-state index is -5.08. The summed E-state index contributed by atoms with van der Waals surface area (Å²) in [6.07, 6.45) is -8.22. The van der Waals surface area contributed by atoms with Crippen molar-refractivity contribution < 1.29 is 69.2 Å². The van der Waals surface area contributed by atoms with Gasteiger partial charge in [0.05, 0.1) is 6.54 Å². The minimum absolute atomic E-state index is 0.734. The largest absolute Gasteiger partial charge is 0.490 e. The lowest BCUT2D eigenvalue weighted by molar-refractivity contribution is -0.193. The molecule has 1 atom stereocenters. The van der Waals surface area contributed by atoms with Crippen molar-refractivity contribution >= 4 is 17.9 Å². The maximum atomic E-state index is 10.6. The van der Waals surface area contributed by atoms with Crippen LogP contribution in [0.2, 0.25) is 0 Å². The lowest BCUT2D eigenvalue weighted by atomic mass is 10.1. The molecule has 3 N–H and O–H groups in total. The maximum Gasteiger partial charge on any atom is 0.490 e. The Labute approximate surface area is 239 Å². The van der Waals surface area contributed by atoms with Gasteiger partial charge in [-0.1, -0.05) is 0 Å². The van der Waals surface area contributed by atoms with Crippen LogP contribution < -0.4 is 0 Å². The number of imidazole rings is 1. The molecular formula is C23H32F9N5O6. The summed E-state index contributed by atoms with van der Waals surface area (Å²) >= 11 is 0. The Morgan fingerprint density at radius 1 is 0.744 bits per heavy atom. The van der Waals surface area contributed by atoms with Crippen LogP contribution in [0.4, 0.5) is 39.5 Å². The molecule has 1 aromatic rings. The molecule has 3 heterocycles. The van der Waals surface area contributed by atoms with Gasteiger partial charge < -0.3 is 29.7 Å². The molecule has 2 aliphatic heterocycles. The second-order valence-electron chi connectivity index (χ2n) is 10.0. The van der Waals surface area contributed by atoms with Gasteiger partial charge in [0.25, 0.3) is 0 Å². The number of piperazine rings is 1. The molecule has 0 amide bonds. The van der Waals surface area contributed by atoms with Crippen molar-refractivity contribution in [2.45, 2.75) is 44.5 Å². The van der Waals surface area contributed by atoms with Crippen LogP contribution in [0.15, 0.2) is 12.4 Å². The van der Waals surface area contributed by atoms with Gasteiger partial charge in [0.2, 0.25) is 0 Å². The number of hydrogen-bond acceptors (Lipinski definition) is 7. The predicted molar refractivity (Wildman–Crippen MR) is 129 cm³/mol. The minimum Gasteiger partial charge on any atom is -0.475 e. The van der Waals surface area contributed by atoms with Crippen LogP contribution in [-0.2, 0) is 27.5 Å². The molecule has 1 aromatic heterocycles. The van der Waals surface area contributed by atoms with Gasteiger partial charge in [-0.2, -0.15) is 39.5 Å². The first-order valence-corrected chi connectivity index (χ1v) is 12.6. The first kappa shape index (κ1) is 37.9. The van der Waals surface area contributed by atoms with E-state index in [4.69, 9.17) is 29.7 Å². The number of aromatic nitrogens is 2. The van der Waals surface area contributed by atoms with Crippen LogP contribution in [0, 0.1) is 11.8 Å². The number of carboxylic acid groups (broad SMARTS) is 3. The highest BCUT2D eigenvalue weighted by Gasteiger charge is 2.39. The molecule has 1 saturated carbocycles. The summed E-state index contributed by atoms with van der Waals surface area (Å²) < 4.78 is 97.6.